The molecule has 2 aromatic rings. The van der Waals surface area contributed by atoms with E-state index in [0.717, 1.165) is 32.4 Å². The molecule has 1 atom stereocenters. The van der Waals surface area contributed by atoms with Crippen LogP contribution in [0.15, 0.2) is 30.3 Å². The van der Waals surface area contributed by atoms with Gasteiger partial charge in [-0.1, -0.05) is 37.3 Å². The van der Waals surface area contributed by atoms with E-state index in [2.05, 4.69) is 41.2 Å². The van der Waals surface area contributed by atoms with Crippen LogP contribution in [0.4, 0.5) is 11.5 Å². The number of rotatable bonds is 5. The van der Waals surface area contributed by atoms with Crippen molar-refractivity contribution >= 4 is 11.5 Å². The highest BCUT2D eigenvalue weighted by Gasteiger charge is 2.38. The lowest BCUT2D eigenvalue weighted by Gasteiger charge is -2.25. The quantitative estimate of drug-likeness (QED) is 0.622. The van der Waals surface area contributed by atoms with Gasteiger partial charge < -0.3 is 4.90 Å². The molecule has 0 spiro atoms. The maximum atomic E-state index is 11.4. The van der Waals surface area contributed by atoms with Crippen molar-refractivity contribution in [1.82, 2.24) is 9.78 Å². The van der Waals surface area contributed by atoms with Crippen LogP contribution in [-0.2, 0) is 13.5 Å². The summed E-state index contributed by atoms with van der Waals surface area (Å²) in [5.41, 5.74) is 2.14. The maximum Gasteiger partial charge on any atom is 0.333 e. The van der Waals surface area contributed by atoms with Gasteiger partial charge in [0, 0.05) is 20.1 Å². The van der Waals surface area contributed by atoms with Gasteiger partial charge in [-0.3, -0.25) is 10.1 Å². The van der Waals surface area contributed by atoms with E-state index in [4.69, 9.17) is 0 Å². The average Bonchev–Trinajstić information content (AvgIpc) is 3.06. The second kappa shape index (κ2) is 6.26. The fraction of sp³-hybridized carbons (Fsp3) is 0.500. The van der Waals surface area contributed by atoms with Crippen LogP contribution in [0.5, 0.6) is 0 Å². The summed E-state index contributed by atoms with van der Waals surface area (Å²) in [5, 5.41) is 15.7. The van der Waals surface area contributed by atoms with Gasteiger partial charge in [0.25, 0.3) is 0 Å². The normalized spacial score (nSPS) is 20.5. The van der Waals surface area contributed by atoms with E-state index in [-0.39, 0.29) is 16.0 Å². The highest BCUT2D eigenvalue weighted by atomic mass is 16.6. The molecule has 1 aromatic carbocycles. The van der Waals surface area contributed by atoms with Gasteiger partial charge in [-0.2, -0.15) is 5.10 Å². The molecular formula is C18H24N4O2. The molecule has 128 valence electrons. The largest absolute Gasteiger partial charge is 0.351 e. The molecule has 6 nitrogen and oxygen atoms in total. The Hall–Kier alpha value is -2.37. The molecule has 1 fully saturated rings. The van der Waals surface area contributed by atoms with Crippen LogP contribution in [-0.4, -0.2) is 27.8 Å². The number of benzene rings is 1. The average molecular weight is 328 g/mol. The lowest BCUT2D eigenvalue weighted by molar-refractivity contribution is -0.384. The molecule has 1 aromatic heterocycles. The van der Waals surface area contributed by atoms with Gasteiger partial charge in [0.2, 0.25) is 5.82 Å². The highest BCUT2D eigenvalue weighted by Crippen LogP contribution is 2.40. The van der Waals surface area contributed by atoms with Crippen LogP contribution < -0.4 is 4.90 Å². The van der Waals surface area contributed by atoms with Crippen molar-refractivity contribution in [3.8, 4) is 0 Å². The Kier molecular flexibility index (Phi) is 4.30. The third kappa shape index (κ3) is 3.13. The van der Waals surface area contributed by atoms with E-state index < -0.39 is 0 Å². The molecule has 0 amide bonds. The van der Waals surface area contributed by atoms with Gasteiger partial charge in [-0.15, -0.1) is 0 Å². The summed E-state index contributed by atoms with van der Waals surface area (Å²) in [4.78, 5) is 13.2. The Labute approximate surface area is 142 Å². The first-order valence-corrected chi connectivity index (χ1v) is 8.36. The lowest BCUT2D eigenvalue weighted by Crippen LogP contribution is -2.27. The van der Waals surface area contributed by atoms with Gasteiger partial charge in [0.05, 0.1) is 4.92 Å². The van der Waals surface area contributed by atoms with Crippen LogP contribution >= 0.6 is 0 Å². The molecule has 0 radical (unpaired) electrons. The van der Waals surface area contributed by atoms with Crippen molar-refractivity contribution in [3.63, 3.8) is 0 Å². The van der Waals surface area contributed by atoms with E-state index in [1.807, 2.05) is 6.07 Å². The van der Waals surface area contributed by atoms with Gasteiger partial charge in [-0.25, -0.2) is 4.68 Å². The minimum absolute atomic E-state index is 0.143. The van der Waals surface area contributed by atoms with E-state index in [0.29, 0.717) is 11.5 Å². The first kappa shape index (κ1) is 16.5. The fourth-order valence-electron chi connectivity index (χ4n) is 3.70. The lowest BCUT2D eigenvalue weighted by atomic mass is 9.83. The number of anilines is 1. The van der Waals surface area contributed by atoms with Crippen molar-refractivity contribution < 1.29 is 4.92 Å². The van der Waals surface area contributed by atoms with Crippen molar-refractivity contribution in [3.05, 3.63) is 51.7 Å². The predicted molar refractivity (Wildman–Crippen MR) is 94.3 cm³/mol. The SMILES string of the molecule is Cc1nn(C)c(N2CC[C@@](C)(CCc3ccccc3)C2)c1[N+](=O)[O-]. The van der Waals surface area contributed by atoms with Gasteiger partial charge in [0.15, 0.2) is 0 Å². The zero-order valence-electron chi connectivity index (χ0n) is 14.5. The molecule has 6 heteroatoms. The smallest absolute Gasteiger partial charge is 0.333 e. The van der Waals surface area contributed by atoms with Crippen molar-refractivity contribution in [2.75, 3.05) is 18.0 Å². The Balaban J connectivity index is 1.74. The third-order valence-corrected chi connectivity index (χ3v) is 5.06. The summed E-state index contributed by atoms with van der Waals surface area (Å²) < 4.78 is 1.65. The number of nitrogens with zero attached hydrogens (tertiary/aromatic N) is 4. The van der Waals surface area contributed by atoms with Crippen molar-refractivity contribution in [2.24, 2.45) is 12.5 Å². The molecule has 24 heavy (non-hydrogen) atoms. The molecule has 1 aliphatic heterocycles. The topological polar surface area (TPSA) is 64.2 Å². The van der Waals surface area contributed by atoms with E-state index in [1.165, 1.54) is 5.56 Å². The molecule has 1 aliphatic rings. The minimum Gasteiger partial charge on any atom is -0.351 e. The molecule has 3 rings (SSSR count). The molecule has 1 saturated heterocycles. The summed E-state index contributed by atoms with van der Waals surface area (Å²) >= 11 is 0. The summed E-state index contributed by atoms with van der Waals surface area (Å²) in [6.45, 7) is 5.65. The zero-order valence-corrected chi connectivity index (χ0v) is 14.5. The molecule has 0 bridgehead atoms. The number of nitro groups is 1. The van der Waals surface area contributed by atoms with Crippen molar-refractivity contribution in [2.45, 2.75) is 33.1 Å². The number of aromatic nitrogens is 2. The Morgan fingerprint density at radius 2 is 2.04 bits per heavy atom. The standard InChI is InChI=1S/C18H24N4O2/c1-14-16(22(23)24)17(20(3)19-14)21-12-11-18(2,13-21)10-9-15-7-5-4-6-8-15/h4-8H,9-13H2,1-3H3/t18-/m1/s1. The number of hydrogen-bond donors (Lipinski definition) is 0. The van der Waals surface area contributed by atoms with Crippen LogP contribution in [0, 0.1) is 22.5 Å². The first-order valence-electron chi connectivity index (χ1n) is 8.36. The van der Waals surface area contributed by atoms with Crippen LogP contribution in [0.3, 0.4) is 0 Å². The second-order valence-corrected chi connectivity index (χ2v) is 7.11. The number of aryl methyl sites for hydroxylation is 3. The molecule has 0 unspecified atom stereocenters. The molecule has 0 N–H and O–H groups in total. The summed E-state index contributed by atoms with van der Waals surface area (Å²) in [5.74, 6) is 0.640. The summed E-state index contributed by atoms with van der Waals surface area (Å²) in [6, 6.07) is 10.5. The van der Waals surface area contributed by atoms with Gasteiger partial charge in [0.1, 0.15) is 5.69 Å². The minimum atomic E-state index is -0.308. The highest BCUT2D eigenvalue weighted by molar-refractivity contribution is 5.62. The monoisotopic (exact) mass is 328 g/mol. The first-order chi connectivity index (χ1) is 11.4. The van der Waals surface area contributed by atoms with Crippen LogP contribution in [0.2, 0.25) is 0 Å². The van der Waals surface area contributed by atoms with E-state index in [1.54, 1.807) is 18.7 Å². The van der Waals surface area contributed by atoms with E-state index >= 15 is 0 Å². The number of hydrogen-bond acceptors (Lipinski definition) is 4. The van der Waals surface area contributed by atoms with Crippen LogP contribution in [0.25, 0.3) is 0 Å². The Morgan fingerprint density at radius 3 is 2.71 bits per heavy atom. The predicted octanol–water partition coefficient (Wildman–Crippen LogP) is 3.49. The second-order valence-electron chi connectivity index (χ2n) is 7.11. The molecule has 0 aliphatic carbocycles. The summed E-state index contributed by atoms with van der Waals surface area (Å²) in [7, 11) is 1.79. The molecule has 0 saturated carbocycles. The van der Waals surface area contributed by atoms with Crippen LogP contribution in [0.1, 0.15) is 31.0 Å². The Bertz CT molecular complexity index is 741. The van der Waals surface area contributed by atoms with Crippen molar-refractivity contribution in [1.29, 1.82) is 0 Å². The van der Waals surface area contributed by atoms with Gasteiger partial charge in [-0.05, 0) is 37.2 Å². The summed E-state index contributed by atoms with van der Waals surface area (Å²) in [6.07, 6.45) is 3.16. The van der Waals surface area contributed by atoms with E-state index in [9.17, 15) is 10.1 Å². The zero-order chi connectivity index (χ0) is 17.3. The fourth-order valence-corrected chi connectivity index (χ4v) is 3.70. The maximum absolute atomic E-state index is 11.4. The van der Waals surface area contributed by atoms with Gasteiger partial charge >= 0.3 is 5.69 Å². The molecule has 2 heterocycles. The molecular weight excluding hydrogens is 304 g/mol. The third-order valence-electron chi connectivity index (χ3n) is 5.06. The Morgan fingerprint density at radius 1 is 1.33 bits per heavy atom.